The van der Waals surface area contributed by atoms with Gasteiger partial charge in [-0.2, -0.15) is 0 Å². The fourth-order valence-corrected chi connectivity index (χ4v) is 2.09. The van der Waals surface area contributed by atoms with Gasteiger partial charge < -0.3 is 4.98 Å². The molecule has 0 radical (unpaired) electrons. The molecule has 2 aromatic rings. The fraction of sp³-hybridized carbons (Fsp3) is 0.500. The largest absolute Gasteiger partial charge is 0.333 e. The van der Waals surface area contributed by atoms with Crippen molar-refractivity contribution in [1.82, 2.24) is 19.9 Å². The van der Waals surface area contributed by atoms with Crippen LogP contribution in [0, 0.1) is 0 Å². The Bertz CT molecular complexity index is 693. The lowest BCUT2D eigenvalue weighted by atomic mass is 10.1. The molecule has 2 rings (SSSR count). The average molecular weight is 276 g/mol. The first-order valence-corrected chi connectivity index (χ1v) is 7.09. The summed E-state index contributed by atoms with van der Waals surface area (Å²) in [5.41, 5.74) is -0.399. The summed E-state index contributed by atoms with van der Waals surface area (Å²) in [5, 5.41) is 0. The van der Waals surface area contributed by atoms with Crippen molar-refractivity contribution in [3.8, 4) is 0 Å². The molecule has 0 atom stereocenters. The monoisotopic (exact) mass is 276 g/mol. The highest BCUT2D eigenvalue weighted by atomic mass is 16.2. The SMILES string of the molecule is CCCCCCCC=Cc1nc2[nH]c(=O)[nH]c(=O)c2[nH]1. The van der Waals surface area contributed by atoms with E-state index in [1.54, 1.807) is 0 Å². The Balaban J connectivity index is 1.95. The zero-order chi connectivity index (χ0) is 14.4. The molecule has 0 aliphatic heterocycles. The highest BCUT2D eigenvalue weighted by Gasteiger charge is 2.05. The van der Waals surface area contributed by atoms with E-state index in [4.69, 9.17) is 0 Å². The molecule has 0 aromatic carbocycles. The third kappa shape index (κ3) is 3.69. The van der Waals surface area contributed by atoms with Crippen LogP contribution in [-0.4, -0.2) is 19.9 Å². The topological polar surface area (TPSA) is 94.4 Å². The molecular formula is C14H20N4O2. The third-order valence-electron chi connectivity index (χ3n) is 3.16. The van der Waals surface area contributed by atoms with Crippen LogP contribution in [0.3, 0.4) is 0 Å². The van der Waals surface area contributed by atoms with E-state index < -0.39 is 11.2 Å². The number of nitrogens with zero attached hydrogens (tertiary/aromatic N) is 1. The third-order valence-corrected chi connectivity index (χ3v) is 3.16. The van der Waals surface area contributed by atoms with Gasteiger partial charge in [-0.1, -0.05) is 38.7 Å². The van der Waals surface area contributed by atoms with Crippen LogP contribution in [0.4, 0.5) is 0 Å². The normalized spacial score (nSPS) is 11.7. The second kappa shape index (κ2) is 6.88. The molecule has 0 saturated heterocycles. The second-order valence-corrected chi connectivity index (χ2v) is 4.86. The van der Waals surface area contributed by atoms with Crippen LogP contribution in [0.5, 0.6) is 0 Å². The van der Waals surface area contributed by atoms with Crippen LogP contribution in [0.2, 0.25) is 0 Å². The molecular weight excluding hydrogens is 256 g/mol. The number of allylic oxidation sites excluding steroid dienone is 1. The minimum Gasteiger partial charge on any atom is -0.333 e. The van der Waals surface area contributed by atoms with Gasteiger partial charge in [-0.15, -0.1) is 0 Å². The summed E-state index contributed by atoms with van der Waals surface area (Å²) in [5.74, 6) is 0.584. The molecule has 0 unspecified atom stereocenters. The first kappa shape index (κ1) is 14.3. The van der Waals surface area contributed by atoms with Crippen LogP contribution < -0.4 is 11.2 Å². The summed E-state index contributed by atoms with van der Waals surface area (Å²) < 4.78 is 0. The van der Waals surface area contributed by atoms with Gasteiger partial charge in [-0.05, 0) is 18.9 Å². The van der Waals surface area contributed by atoms with E-state index in [0.29, 0.717) is 17.0 Å². The molecule has 0 aliphatic carbocycles. The quantitative estimate of drug-likeness (QED) is 0.677. The van der Waals surface area contributed by atoms with Gasteiger partial charge in [0.05, 0.1) is 0 Å². The lowest BCUT2D eigenvalue weighted by Gasteiger charge is -1.95. The zero-order valence-corrected chi connectivity index (χ0v) is 11.7. The predicted molar refractivity (Wildman–Crippen MR) is 79.7 cm³/mol. The molecule has 3 N–H and O–H groups in total. The Morgan fingerprint density at radius 2 is 1.85 bits per heavy atom. The maximum absolute atomic E-state index is 11.5. The lowest BCUT2D eigenvalue weighted by Crippen LogP contribution is -2.21. The number of nitrogens with one attached hydrogen (secondary N) is 3. The Morgan fingerprint density at radius 3 is 2.65 bits per heavy atom. The lowest BCUT2D eigenvalue weighted by molar-refractivity contribution is 0.638. The molecule has 20 heavy (non-hydrogen) atoms. The number of aromatic nitrogens is 4. The highest BCUT2D eigenvalue weighted by molar-refractivity contribution is 5.70. The van der Waals surface area contributed by atoms with Crippen molar-refractivity contribution in [3.05, 3.63) is 32.7 Å². The number of imidazole rings is 1. The van der Waals surface area contributed by atoms with Crippen molar-refractivity contribution in [2.24, 2.45) is 0 Å². The number of H-pyrrole nitrogens is 3. The summed E-state index contributed by atoms with van der Waals surface area (Å²) in [6.07, 6.45) is 11.1. The van der Waals surface area contributed by atoms with Gasteiger partial charge in [0.1, 0.15) is 11.3 Å². The molecule has 0 bridgehead atoms. The maximum Gasteiger partial charge on any atom is 0.327 e. The molecule has 2 heterocycles. The minimum absolute atomic E-state index is 0.293. The summed E-state index contributed by atoms with van der Waals surface area (Å²) in [4.78, 5) is 34.3. The van der Waals surface area contributed by atoms with E-state index in [1.807, 2.05) is 12.2 Å². The number of hydrogen-bond donors (Lipinski definition) is 3. The van der Waals surface area contributed by atoms with Gasteiger partial charge in [0.2, 0.25) is 0 Å². The van der Waals surface area contributed by atoms with Gasteiger partial charge in [-0.3, -0.25) is 14.8 Å². The molecule has 108 valence electrons. The maximum atomic E-state index is 11.5. The minimum atomic E-state index is -0.541. The van der Waals surface area contributed by atoms with Gasteiger partial charge in [0.25, 0.3) is 5.56 Å². The van der Waals surface area contributed by atoms with Crippen LogP contribution in [-0.2, 0) is 0 Å². The van der Waals surface area contributed by atoms with Crippen molar-refractivity contribution in [1.29, 1.82) is 0 Å². The summed E-state index contributed by atoms with van der Waals surface area (Å²) in [6.45, 7) is 2.20. The predicted octanol–water partition coefficient (Wildman–Crippen LogP) is 2.31. The Hall–Kier alpha value is -2.11. The first-order chi connectivity index (χ1) is 9.70. The number of rotatable bonds is 7. The van der Waals surface area contributed by atoms with E-state index in [9.17, 15) is 9.59 Å². The van der Waals surface area contributed by atoms with Crippen molar-refractivity contribution in [2.45, 2.75) is 45.4 Å². The zero-order valence-electron chi connectivity index (χ0n) is 11.7. The molecule has 6 nitrogen and oxygen atoms in total. The molecule has 6 heteroatoms. The van der Waals surface area contributed by atoms with Crippen molar-refractivity contribution < 1.29 is 0 Å². The number of aromatic amines is 3. The van der Waals surface area contributed by atoms with Crippen LogP contribution in [0.15, 0.2) is 15.7 Å². The molecule has 0 amide bonds. The Kier molecular flexibility index (Phi) is 4.92. The van der Waals surface area contributed by atoms with E-state index >= 15 is 0 Å². The standard InChI is InChI=1S/C14H20N4O2/c1-2-3-4-5-6-7-8-9-10-15-11-12(16-10)17-14(20)18-13(11)19/h8-9H,2-7H2,1H3,(H3,15,16,17,18,19,20). The smallest absolute Gasteiger partial charge is 0.327 e. The first-order valence-electron chi connectivity index (χ1n) is 7.09. The van der Waals surface area contributed by atoms with Gasteiger partial charge in [-0.25, -0.2) is 9.78 Å². The van der Waals surface area contributed by atoms with Crippen molar-refractivity contribution >= 4 is 17.2 Å². The van der Waals surface area contributed by atoms with E-state index in [2.05, 4.69) is 26.9 Å². The van der Waals surface area contributed by atoms with Crippen LogP contribution >= 0.6 is 0 Å². The van der Waals surface area contributed by atoms with Gasteiger partial charge in [0, 0.05) is 0 Å². The molecule has 0 saturated carbocycles. The van der Waals surface area contributed by atoms with Crippen LogP contribution in [0.1, 0.15) is 51.3 Å². The molecule has 2 aromatic heterocycles. The van der Waals surface area contributed by atoms with E-state index in [-0.39, 0.29) is 0 Å². The van der Waals surface area contributed by atoms with Crippen molar-refractivity contribution in [3.63, 3.8) is 0 Å². The Labute approximate surface area is 116 Å². The van der Waals surface area contributed by atoms with Crippen LogP contribution in [0.25, 0.3) is 17.2 Å². The summed E-state index contributed by atoms with van der Waals surface area (Å²) in [6, 6.07) is 0. The van der Waals surface area contributed by atoms with Gasteiger partial charge >= 0.3 is 5.69 Å². The summed E-state index contributed by atoms with van der Waals surface area (Å²) in [7, 11) is 0. The van der Waals surface area contributed by atoms with E-state index in [0.717, 1.165) is 12.8 Å². The number of hydrogen-bond acceptors (Lipinski definition) is 3. The molecule has 0 aliphatic rings. The summed E-state index contributed by atoms with van der Waals surface area (Å²) >= 11 is 0. The average Bonchev–Trinajstić information content (AvgIpc) is 2.81. The second-order valence-electron chi connectivity index (χ2n) is 4.86. The molecule has 0 spiro atoms. The number of fused-ring (bicyclic) bond motifs is 1. The fourth-order valence-electron chi connectivity index (χ4n) is 2.09. The van der Waals surface area contributed by atoms with E-state index in [1.165, 1.54) is 25.7 Å². The molecule has 0 fully saturated rings. The number of unbranched alkanes of at least 4 members (excludes halogenated alkanes) is 5. The highest BCUT2D eigenvalue weighted by Crippen LogP contribution is 2.07. The van der Waals surface area contributed by atoms with Crippen molar-refractivity contribution in [2.75, 3.05) is 0 Å². The van der Waals surface area contributed by atoms with Gasteiger partial charge in [0.15, 0.2) is 5.65 Å². The Morgan fingerprint density at radius 1 is 1.05 bits per heavy atom.